The van der Waals surface area contributed by atoms with Gasteiger partial charge in [-0.25, -0.2) is 0 Å². The van der Waals surface area contributed by atoms with E-state index in [9.17, 15) is 4.79 Å². The Balaban J connectivity index is 1.65. The second-order valence-electron chi connectivity index (χ2n) is 7.00. The maximum Gasteiger partial charge on any atom is 0.312 e. The van der Waals surface area contributed by atoms with Crippen LogP contribution in [0.1, 0.15) is 49.3 Å². The molecule has 2 nitrogen and oxygen atoms in total. The second-order valence-corrected chi connectivity index (χ2v) is 7.00. The molecule has 0 aliphatic heterocycles. The minimum Gasteiger partial charge on any atom is -0.460 e. The van der Waals surface area contributed by atoms with Gasteiger partial charge < -0.3 is 4.74 Å². The molecule has 108 valence electrons. The fourth-order valence-electron chi connectivity index (χ4n) is 4.17. The smallest absolute Gasteiger partial charge is 0.312 e. The van der Waals surface area contributed by atoms with Gasteiger partial charge in [0.2, 0.25) is 0 Å². The monoisotopic (exact) mass is 272 g/mol. The molecule has 3 unspecified atom stereocenters. The molecular formula is C18H24O2. The molecule has 0 N–H and O–H groups in total. The average Bonchev–Trinajstić information content (AvgIpc) is 2.98. The predicted octanol–water partition coefficient (Wildman–Crippen LogP) is 4.17. The SMILES string of the molecule is Cc1ccc(COC(=O)C2(C)CC3CCC2C3)c(C)c1. The Hall–Kier alpha value is -1.31. The number of ether oxygens (including phenoxy) is 1. The van der Waals surface area contributed by atoms with Gasteiger partial charge in [-0.15, -0.1) is 0 Å². The van der Waals surface area contributed by atoms with E-state index in [1.165, 1.54) is 30.4 Å². The number of hydrogen-bond donors (Lipinski definition) is 0. The molecule has 2 aliphatic rings. The molecule has 0 saturated heterocycles. The molecule has 3 atom stereocenters. The van der Waals surface area contributed by atoms with Crippen molar-refractivity contribution in [1.82, 2.24) is 0 Å². The van der Waals surface area contributed by atoms with Gasteiger partial charge in [0, 0.05) is 0 Å². The van der Waals surface area contributed by atoms with Crippen LogP contribution in [-0.2, 0) is 16.1 Å². The molecule has 0 amide bonds. The summed E-state index contributed by atoms with van der Waals surface area (Å²) >= 11 is 0. The predicted molar refractivity (Wildman–Crippen MR) is 79.3 cm³/mol. The fraction of sp³-hybridized carbons (Fsp3) is 0.611. The van der Waals surface area contributed by atoms with E-state index in [4.69, 9.17) is 4.74 Å². The van der Waals surface area contributed by atoms with Crippen molar-refractivity contribution < 1.29 is 9.53 Å². The summed E-state index contributed by atoms with van der Waals surface area (Å²) in [4.78, 5) is 12.5. The summed E-state index contributed by atoms with van der Waals surface area (Å²) in [5, 5.41) is 0. The topological polar surface area (TPSA) is 26.3 Å². The first kappa shape index (κ1) is 13.7. The van der Waals surface area contributed by atoms with Crippen molar-refractivity contribution in [3.63, 3.8) is 0 Å². The van der Waals surface area contributed by atoms with Gasteiger partial charge in [-0.1, -0.05) is 30.2 Å². The van der Waals surface area contributed by atoms with Crippen LogP contribution < -0.4 is 0 Å². The molecule has 2 heteroatoms. The molecule has 0 radical (unpaired) electrons. The van der Waals surface area contributed by atoms with Crippen molar-refractivity contribution in [1.29, 1.82) is 0 Å². The summed E-state index contributed by atoms with van der Waals surface area (Å²) in [6, 6.07) is 6.29. The zero-order chi connectivity index (χ0) is 14.3. The first-order valence-corrected chi connectivity index (χ1v) is 7.72. The third kappa shape index (κ3) is 2.25. The minimum atomic E-state index is -0.221. The maximum absolute atomic E-state index is 12.5. The lowest BCUT2D eigenvalue weighted by Gasteiger charge is -2.31. The lowest BCUT2D eigenvalue weighted by molar-refractivity contribution is -0.159. The summed E-state index contributed by atoms with van der Waals surface area (Å²) in [6.45, 7) is 6.69. The summed E-state index contributed by atoms with van der Waals surface area (Å²) in [5.41, 5.74) is 3.35. The van der Waals surface area contributed by atoms with E-state index in [0.29, 0.717) is 12.5 Å². The van der Waals surface area contributed by atoms with E-state index >= 15 is 0 Å². The van der Waals surface area contributed by atoms with Gasteiger partial charge in [0.25, 0.3) is 0 Å². The van der Waals surface area contributed by atoms with Crippen LogP contribution in [0, 0.1) is 31.1 Å². The molecule has 3 rings (SSSR count). The third-order valence-corrected chi connectivity index (χ3v) is 5.48. The maximum atomic E-state index is 12.5. The lowest BCUT2D eigenvalue weighted by Crippen LogP contribution is -2.35. The summed E-state index contributed by atoms with van der Waals surface area (Å²) in [5.74, 6) is 1.34. The Bertz CT molecular complexity index is 534. The molecular weight excluding hydrogens is 248 g/mol. The number of fused-ring (bicyclic) bond motifs is 2. The van der Waals surface area contributed by atoms with Crippen LogP contribution in [0.5, 0.6) is 0 Å². The van der Waals surface area contributed by atoms with Gasteiger partial charge in [0.05, 0.1) is 5.41 Å². The zero-order valence-electron chi connectivity index (χ0n) is 12.7. The molecule has 0 spiro atoms. The molecule has 2 aliphatic carbocycles. The van der Waals surface area contributed by atoms with Crippen LogP contribution in [0.2, 0.25) is 0 Å². The van der Waals surface area contributed by atoms with Gasteiger partial charge in [-0.05, 0) is 63.0 Å². The van der Waals surface area contributed by atoms with Crippen LogP contribution in [0.25, 0.3) is 0 Å². The number of carbonyl (C=O) groups excluding carboxylic acids is 1. The van der Waals surface area contributed by atoms with Crippen molar-refractivity contribution in [3.8, 4) is 0 Å². The molecule has 2 fully saturated rings. The second kappa shape index (κ2) is 4.91. The lowest BCUT2D eigenvalue weighted by atomic mass is 9.75. The van der Waals surface area contributed by atoms with Crippen LogP contribution in [0.15, 0.2) is 18.2 Å². The highest BCUT2D eigenvalue weighted by molar-refractivity contribution is 5.77. The first-order chi connectivity index (χ1) is 9.49. The Morgan fingerprint density at radius 1 is 1.35 bits per heavy atom. The van der Waals surface area contributed by atoms with Crippen LogP contribution >= 0.6 is 0 Å². The van der Waals surface area contributed by atoms with E-state index < -0.39 is 0 Å². The van der Waals surface area contributed by atoms with E-state index in [1.54, 1.807) is 0 Å². The molecule has 0 aromatic heterocycles. The zero-order valence-corrected chi connectivity index (χ0v) is 12.7. The fourth-order valence-corrected chi connectivity index (χ4v) is 4.17. The normalized spacial score (nSPS) is 31.6. The van der Waals surface area contributed by atoms with E-state index in [1.807, 2.05) is 0 Å². The van der Waals surface area contributed by atoms with Crippen molar-refractivity contribution in [2.75, 3.05) is 0 Å². The molecule has 2 bridgehead atoms. The first-order valence-electron chi connectivity index (χ1n) is 7.72. The van der Waals surface area contributed by atoms with Crippen molar-refractivity contribution in [2.24, 2.45) is 17.3 Å². The highest BCUT2D eigenvalue weighted by Gasteiger charge is 2.53. The van der Waals surface area contributed by atoms with Crippen molar-refractivity contribution in [3.05, 3.63) is 34.9 Å². The van der Waals surface area contributed by atoms with Gasteiger partial charge in [-0.2, -0.15) is 0 Å². The average molecular weight is 272 g/mol. The number of hydrogen-bond acceptors (Lipinski definition) is 2. The summed E-state index contributed by atoms with van der Waals surface area (Å²) < 4.78 is 5.65. The van der Waals surface area contributed by atoms with Gasteiger partial charge in [0.1, 0.15) is 6.61 Å². The van der Waals surface area contributed by atoms with Crippen LogP contribution in [0.4, 0.5) is 0 Å². The van der Waals surface area contributed by atoms with Crippen LogP contribution in [0.3, 0.4) is 0 Å². The third-order valence-electron chi connectivity index (χ3n) is 5.48. The Morgan fingerprint density at radius 2 is 2.15 bits per heavy atom. The molecule has 1 aromatic carbocycles. The van der Waals surface area contributed by atoms with Crippen molar-refractivity contribution >= 4 is 5.97 Å². The number of esters is 1. The molecule has 2 saturated carbocycles. The molecule has 0 heterocycles. The standard InChI is InChI=1S/C18H24O2/c1-12-4-6-15(13(2)8-12)11-20-17(19)18(3)10-14-5-7-16(18)9-14/h4,6,8,14,16H,5,7,9-11H2,1-3H3. The van der Waals surface area contributed by atoms with Gasteiger partial charge in [0.15, 0.2) is 0 Å². The number of rotatable bonds is 3. The quantitative estimate of drug-likeness (QED) is 0.772. The highest BCUT2D eigenvalue weighted by atomic mass is 16.5. The van der Waals surface area contributed by atoms with Gasteiger partial charge in [-0.3, -0.25) is 4.79 Å². The van der Waals surface area contributed by atoms with E-state index in [-0.39, 0.29) is 11.4 Å². The molecule has 1 aromatic rings. The van der Waals surface area contributed by atoms with Gasteiger partial charge >= 0.3 is 5.97 Å². The number of benzene rings is 1. The Labute approximate surface area is 121 Å². The minimum absolute atomic E-state index is 0.0182. The number of aryl methyl sites for hydroxylation is 2. The summed E-state index contributed by atoms with van der Waals surface area (Å²) in [7, 11) is 0. The van der Waals surface area contributed by atoms with E-state index in [2.05, 4.69) is 39.0 Å². The van der Waals surface area contributed by atoms with Crippen LogP contribution in [-0.4, -0.2) is 5.97 Å². The van der Waals surface area contributed by atoms with E-state index in [0.717, 1.165) is 17.9 Å². The Kier molecular flexibility index (Phi) is 3.35. The van der Waals surface area contributed by atoms with Crippen molar-refractivity contribution in [2.45, 2.75) is 53.1 Å². The summed E-state index contributed by atoms with van der Waals surface area (Å²) in [6.07, 6.45) is 4.78. The number of carbonyl (C=O) groups is 1. The Morgan fingerprint density at radius 3 is 2.75 bits per heavy atom. The largest absolute Gasteiger partial charge is 0.460 e. The highest BCUT2D eigenvalue weighted by Crippen LogP contribution is 2.56. The molecule has 20 heavy (non-hydrogen) atoms.